The van der Waals surface area contributed by atoms with Gasteiger partial charge in [0, 0.05) is 17.8 Å². The van der Waals surface area contributed by atoms with Gasteiger partial charge in [-0.1, -0.05) is 12.1 Å². The van der Waals surface area contributed by atoms with Crippen LogP contribution < -0.4 is 0 Å². The van der Waals surface area contributed by atoms with E-state index >= 15 is 0 Å². The van der Waals surface area contributed by atoms with Crippen molar-refractivity contribution in [3.05, 3.63) is 42.3 Å². The zero-order valence-electron chi connectivity index (χ0n) is 12.8. The average Bonchev–Trinajstić information content (AvgIpc) is 2.64. The molecule has 0 amide bonds. The highest BCUT2D eigenvalue weighted by atomic mass is 16.7. The number of hydrogen-bond acceptors (Lipinski definition) is 4. The van der Waals surface area contributed by atoms with Crippen molar-refractivity contribution in [3.8, 4) is 0 Å². The summed E-state index contributed by atoms with van der Waals surface area (Å²) in [4.78, 5) is 8.45. The molecule has 0 aliphatic carbocycles. The molecule has 2 aromatic heterocycles. The molecule has 5 heteroatoms. The van der Waals surface area contributed by atoms with Crippen LogP contribution in [-0.2, 0) is 9.31 Å². The van der Waals surface area contributed by atoms with Crippen LogP contribution in [-0.4, -0.2) is 28.3 Å². The van der Waals surface area contributed by atoms with Crippen molar-refractivity contribution in [1.29, 1.82) is 0 Å². The van der Waals surface area contributed by atoms with E-state index in [4.69, 9.17) is 9.31 Å². The zero-order chi connectivity index (χ0) is 15.1. The molecule has 4 nitrogen and oxygen atoms in total. The first kappa shape index (κ1) is 14.2. The van der Waals surface area contributed by atoms with Crippen LogP contribution in [0.4, 0.5) is 0 Å². The Balaban J connectivity index is 1.79. The standard InChI is InChI=1S/C16H19BN2O2/c1-15(2)16(3,4)21-17(20-15)7-5-12-9-13-6-8-18-11-14(13)19-10-12/h5-11H,1-4H3/b7-5+. The molecule has 3 rings (SSSR count). The second-order valence-electron chi connectivity index (χ2n) is 6.32. The van der Waals surface area contributed by atoms with Gasteiger partial charge in [-0.25, -0.2) is 0 Å². The van der Waals surface area contributed by atoms with Gasteiger partial charge in [0.2, 0.25) is 0 Å². The minimum atomic E-state index is -0.330. The Bertz CT molecular complexity index is 681. The number of hydrogen-bond donors (Lipinski definition) is 0. The summed E-state index contributed by atoms with van der Waals surface area (Å²) in [6.45, 7) is 8.19. The summed E-state index contributed by atoms with van der Waals surface area (Å²) in [6, 6.07) is 4.03. The summed E-state index contributed by atoms with van der Waals surface area (Å²) in [7, 11) is -0.330. The topological polar surface area (TPSA) is 44.2 Å². The van der Waals surface area contributed by atoms with Crippen molar-refractivity contribution in [1.82, 2.24) is 9.97 Å². The van der Waals surface area contributed by atoms with E-state index < -0.39 is 0 Å². The summed E-state index contributed by atoms with van der Waals surface area (Å²) >= 11 is 0. The molecule has 0 saturated carbocycles. The molecular weight excluding hydrogens is 263 g/mol. The van der Waals surface area contributed by atoms with Gasteiger partial charge in [-0.15, -0.1) is 0 Å². The van der Waals surface area contributed by atoms with Gasteiger partial charge in [-0.3, -0.25) is 9.97 Å². The third-order valence-corrected chi connectivity index (χ3v) is 4.22. The minimum absolute atomic E-state index is 0.310. The second-order valence-corrected chi connectivity index (χ2v) is 6.32. The van der Waals surface area contributed by atoms with Crippen LogP contribution in [0, 0.1) is 0 Å². The number of pyridine rings is 2. The second kappa shape index (κ2) is 4.93. The lowest BCUT2D eigenvalue weighted by molar-refractivity contribution is 0.00578. The first-order valence-electron chi connectivity index (χ1n) is 7.11. The van der Waals surface area contributed by atoms with Crippen molar-refractivity contribution >= 4 is 24.1 Å². The highest BCUT2D eigenvalue weighted by Gasteiger charge is 2.49. The van der Waals surface area contributed by atoms with E-state index in [1.807, 2.05) is 52.0 Å². The molecule has 0 unspecified atom stereocenters. The molecule has 0 spiro atoms. The maximum absolute atomic E-state index is 5.93. The lowest BCUT2D eigenvalue weighted by atomic mass is 9.89. The molecule has 108 valence electrons. The van der Waals surface area contributed by atoms with E-state index in [0.717, 1.165) is 16.5 Å². The summed E-state index contributed by atoms with van der Waals surface area (Å²) in [5.41, 5.74) is 1.29. The fourth-order valence-electron chi connectivity index (χ4n) is 2.24. The monoisotopic (exact) mass is 282 g/mol. The van der Waals surface area contributed by atoms with Gasteiger partial charge < -0.3 is 9.31 Å². The van der Waals surface area contributed by atoms with Crippen LogP contribution in [0.5, 0.6) is 0 Å². The predicted octanol–water partition coefficient (Wildman–Crippen LogP) is 3.27. The Morgan fingerprint density at radius 2 is 1.81 bits per heavy atom. The fourth-order valence-corrected chi connectivity index (χ4v) is 2.24. The van der Waals surface area contributed by atoms with Crippen molar-refractivity contribution in [3.63, 3.8) is 0 Å². The van der Waals surface area contributed by atoms with Gasteiger partial charge in [0.25, 0.3) is 0 Å². The molecule has 0 radical (unpaired) electrons. The van der Waals surface area contributed by atoms with E-state index in [1.54, 1.807) is 12.4 Å². The number of nitrogens with zero attached hydrogens (tertiary/aromatic N) is 2. The number of fused-ring (bicyclic) bond motifs is 1. The Morgan fingerprint density at radius 3 is 2.52 bits per heavy atom. The predicted molar refractivity (Wildman–Crippen MR) is 84.7 cm³/mol. The van der Waals surface area contributed by atoms with Crippen molar-refractivity contribution in [2.24, 2.45) is 0 Å². The SMILES string of the molecule is CC1(C)OB(/C=C/c2cnc3cnccc3c2)OC1(C)C. The van der Waals surface area contributed by atoms with Crippen molar-refractivity contribution < 1.29 is 9.31 Å². The first-order chi connectivity index (χ1) is 9.87. The van der Waals surface area contributed by atoms with E-state index in [1.165, 1.54) is 0 Å². The molecule has 0 atom stereocenters. The van der Waals surface area contributed by atoms with Crippen LogP contribution in [0.15, 0.2) is 36.7 Å². The van der Waals surface area contributed by atoms with Crippen LogP contribution in [0.2, 0.25) is 0 Å². The molecule has 1 saturated heterocycles. The van der Waals surface area contributed by atoms with Crippen LogP contribution in [0.1, 0.15) is 33.3 Å². The van der Waals surface area contributed by atoms with E-state index in [0.29, 0.717) is 0 Å². The van der Waals surface area contributed by atoms with Crippen LogP contribution >= 0.6 is 0 Å². The Labute approximate surface area is 125 Å². The van der Waals surface area contributed by atoms with E-state index in [2.05, 4.69) is 16.0 Å². The lowest BCUT2D eigenvalue weighted by Gasteiger charge is -2.32. The smallest absolute Gasteiger partial charge is 0.400 e. The molecule has 1 aliphatic heterocycles. The molecule has 0 bridgehead atoms. The Morgan fingerprint density at radius 1 is 1.10 bits per heavy atom. The quantitative estimate of drug-likeness (QED) is 0.793. The maximum atomic E-state index is 5.93. The van der Waals surface area contributed by atoms with Crippen molar-refractivity contribution in [2.75, 3.05) is 0 Å². The molecule has 2 aromatic rings. The summed E-state index contributed by atoms with van der Waals surface area (Å²) in [6.07, 6.45) is 7.34. The maximum Gasteiger partial charge on any atom is 0.487 e. The summed E-state index contributed by atoms with van der Waals surface area (Å²) in [5.74, 6) is 1.93. The van der Waals surface area contributed by atoms with Gasteiger partial charge >= 0.3 is 7.12 Å². The minimum Gasteiger partial charge on any atom is -0.400 e. The zero-order valence-corrected chi connectivity index (χ0v) is 12.8. The molecule has 1 fully saturated rings. The number of aromatic nitrogens is 2. The summed E-state index contributed by atoms with van der Waals surface area (Å²) < 4.78 is 11.9. The lowest BCUT2D eigenvalue weighted by Crippen LogP contribution is -2.41. The third-order valence-electron chi connectivity index (χ3n) is 4.22. The molecule has 0 aromatic carbocycles. The van der Waals surface area contributed by atoms with Crippen LogP contribution in [0.3, 0.4) is 0 Å². The van der Waals surface area contributed by atoms with E-state index in [-0.39, 0.29) is 18.3 Å². The van der Waals surface area contributed by atoms with Crippen LogP contribution in [0.25, 0.3) is 17.0 Å². The highest BCUT2D eigenvalue weighted by Crippen LogP contribution is 2.37. The number of rotatable bonds is 2. The third kappa shape index (κ3) is 2.71. The van der Waals surface area contributed by atoms with Crippen molar-refractivity contribution in [2.45, 2.75) is 38.9 Å². The molecule has 0 N–H and O–H groups in total. The molecule has 1 aliphatic rings. The van der Waals surface area contributed by atoms with Gasteiger partial charge in [-0.05, 0) is 45.4 Å². The fraction of sp³-hybridized carbons (Fsp3) is 0.375. The first-order valence-corrected chi connectivity index (χ1v) is 7.11. The van der Waals surface area contributed by atoms with Gasteiger partial charge in [-0.2, -0.15) is 0 Å². The molecule has 21 heavy (non-hydrogen) atoms. The normalized spacial score (nSPS) is 20.5. The van der Waals surface area contributed by atoms with E-state index in [9.17, 15) is 0 Å². The Hall–Kier alpha value is -1.72. The Kier molecular flexibility index (Phi) is 3.34. The largest absolute Gasteiger partial charge is 0.487 e. The summed E-state index contributed by atoms with van der Waals surface area (Å²) in [5, 5.41) is 1.07. The van der Waals surface area contributed by atoms with Gasteiger partial charge in [0.05, 0.1) is 22.9 Å². The van der Waals surface area contributed by atoms with Gasteiger partial charge in [0.15, 0.2) is 0 Å². The molecular formula is C16H19BN2O2. The highest BCUT2D eigenvalue weighted by molar-refractivity contribution is 6.52. The van der Waals surface area contributed by atoms with Gasteiger partial charge in [0.1, 0.15) is 0 Å². The molecule has 3 heterocycles. The average molecular weight is 282 g/mol.